The molecule has 1 atom stereocenters. The molecule has 2 aromatic rings. The van der Waals surface area contributed by atoms with E-state index in [1.54, 1.807) is 6.20 Å². The maximum Gasteiger partial charge on any atom is 0.256 e. The van der Waals surface area contributed by atoms with Crippen molar-refractivity contribution in [2.45, 2.75) is 44.7 Å². The average molecular weight is 363 g/mol. The summed E-state index contributed by atoms with van der Waals surface area (Å²) in [5.41, 5.74) is 1.89. The van der Waals surface area contributed by atoms with Gasteiger partial charge in [0.1, 0.15) is 5.54 Å². The molecule has 5 nitrogen and oxygen atoms in total. The Kier molecular flexibility index (Phi) is 4.68. The summed E-state index contributed by atoms with van der Waals surface area (Å²) in [5.74, 6) is 0.0263. The van der Waals surface area contributed by atoms with Crippen molar-refractivity contribution in [2.24, 2.45) is 0 Å². The molecule has 5 heteroatoms. The number of nitrogens with zero attached hydrogens (tertiary/aromatic N) is 3. The van der Waals surface area contributed by atoms with Crippen LogP contribution < -0.4 is 0 Å². The third-order valence-electron chi connectivity index (χ3n) is 5.81. The summed E-state index contributed by atoms with van der Waals surface area (Å²) >= 11 is 0. The van der Waals surface area contributed by atoms with E-state index in [1.807, 2.05) is 59.2 Å². The minimum absolute atomic E-state index is 0.0742. The molecule has 1 aromatic heterocycles. The zero-order chi connectivity index (χ0) is 18.9. The first kappa shape index (κ1) is 17.7. The number of rotatable bonds is 3. The summed E-state index contributed by atoms with van der Waals surface area (Å²) in [6.07, 6.45) is 4.92. The summed E-state index contributed by atoms with van der Waals surface area (Å²) in [6, 6.07) is 13.7. The summed E-state index contributed by atoms with van der Waals surface area (Å²) in [6.45, 7) is 3.90. The Bertz CT molecular complexity index is 834. The second kappa shape index (κ2) is 7.14. The molecule has 0 aliphatic carbocycles. The van der Waals surface area contributed by atoms with Gasteiger partial charge in [0, 0.05) is 31.5 Å². The predicted octanol–water partition coefficient (Wildman–Crippen LogP) is 3.19. The van der Waals surface area contributed by atoms with Crippen LogP contribution in [0.2, 0.25) is 0 Å². The van der Waals surface area contributed by atoms with E-state index in [1.165, 1.54) is 0 Å². The van der Waals surface area contributed by atoms with Crippen LogP contribution in [-0.4, -0.2) is 45.2 Å². The first-order valence-electron chi connectivity index (χ1n) is 9.68. The molecular formula is C22H25N3O2. The molecule has 0 saturated carbocycles. The van der Waals surface area contributed by atoms with E-state index in [2.05, 4.69) is 4.98 Å². The van der Waals surface area contributed by atoms with Gasteiger partial charge in [0.25, 0.3) is 5.91 Å². The fourth-order valence-corrected chi connectivity index (χ4v) is 4.43. The van der Waals surface area contributed by atoms with Gasteiger partial charge in [-0.2, -0.15) is 0 Å². The number of benzene rings is 1. The minimum Gasteiger partial charge on any atom is -0.336 e. The highest BCUT2D eigenvalue weighted by molar-refractivity contribution is 5.99. The first-order chi connectivity index (χ1) is 13.1. The van der Waals surface area contributed by atoms with Crippen LogP contribution in [0.4, 0.5) is 0 Å². The normalized spacial score (nSPS) is 22.5. The van der Waals surface area contributed by atoms with Crippen LogP contribution >= 0.6 is 0 Å². The largest absolute Gasteiger partial charge is 0.336 e. The molecule has 1 aromatic carbocycles. The number of piperidine rings is 1. The van der Waals surface area contributed by atoms with Gasteiger partial charge in [-0.25, -0.2) is 0 Å². The molecule has 140 valence electrons. The van der Waals surface area contributed by atoms with Gasteiger partial charge < -0.3 is 9.80 Å². The van der Waals surface area contributed by atoms with E-state index in [0.717, 1.165) is 43.5 Å². The van der Waals surface area contributed by atoms with Crippen LogP contribution in [0.3, 0.4) is 0 Å². The number of aryl methyl sites for hydroxylation is 1. The number of carbonyl (C=O) groups is 2. The van der Waals surface area contributed by atoms with E-state index >= 15 is 0 Å². The highest BCUT2D eigenvalue weighted by Crippen LogP contribution is 2.39. The van der Waals surface area contributed by atoms with Crippen LogP contribution in [0, 0.1) is 6.92 Å². The van der Waals surface area contributed by atoms with Crippen molar-refractivity contribution in [1.29, 1.82) is 0 Å². The third kappa shape index (κ3) is 3.22. The second-order valence-electron chi connectivity index (χ2n) is 7.60. The molecule has 2 fully saturated rings. The Balaban J connectivity index is 1.59. The fourth-order valence-electron chi connectivity index (χ4n) is 4.43. The number of aromatic nitrogens is 1. The summed E-state index contributed by atoms with van der Waals surface area (Å²) < 4.78 is 0. The van der Waals surface area contributed by atoms with Gasteiger partial charge in [-0.05, 0) is 50.3 Å². The zero-order valence-electron chi connectivity index (χ0n) is 15.7. The Hall–Kier alpha value is -2.69. The fraction of sp³-hybridized carbons (Fsp3) is 0.409. The number of hydrogen-bond acceptors (Lipinski definition) is 3. The quantitative estimate of drug-likeness (QED) is 0.842. The van der Waals surface area contributed by atoms with Crippen molar-refractivity contribution in [1.82, 2.24) is 14.8 Å². The highest BCUT2D eigenvalue weighted by Gasteiger charge is 2.52. The van der Waals surface area contributed by atoms with Gasteiger partial charge in [-0.3, -0.25) is 14.6 Å². The van der Waals surface area contributed by atoms with Crippen molar-refractivity contribution >= 4 is 11.8 Å². The molecule has 1 unspecified atom stereocenters. The van der Waals surface area contributed by atoms with Crippen LogP contribution in [0.15, 0.2) is 48.7 Å². The van der Waals surface area contributed by atoms with Crippen molar-refractivity contribution in [3.05, 3.63) is 65.5 Å². The maximum atomic E-state index is 13.5. The number of pyridine rings is 1. The topological polar surface area (TPSA) is 53.5 Å². The maximum absolute atomic E-state index is 13.5. The highest BCUT2D eigenvalue weighted by atomic mass is 16.2. The predicted molar refractivity (Wildman–Crippen MR) is 103 cm³/mol. The number of amides is 2. The van der Waals surface area contributed by atoms with Gasteiger partial charge in [0.15, 0.2) is 0 Å². The molecule has 0 radical (unpaired) electrons. The lowest BCUT2D eigenvalue weighted by atomic mass is 9.84. The molecule has 2 saturated heterocycles. The Morgan fingerprint density at radius 1 is 1.07 bits per heavy atom. The second-order valence-corrected chi connectivity index (χ2v) is 7.60. The van der Waals surface area contributed by atoms with Crippen LogP contribution in [0.1, 0.15) is 47.3 Å². The molecule has 0 bridgehead atoms. The third-order valence-corrected chi connectivity index (χ3v) is 5.81. The van der Waals surface area contributed by atoms with E-state index in [4.69, 9.17) is 0 Å². The summed E-state index contributed by atoms with van der Waals surface area (Å²) in [7, 11) is 0. The Morgan fingerprint density at radius 3 is 2.52 bits per heavy atom. The van der Waals surface area contributed by atoms with Gasteiger partial charge >= 0.3 is 0 Å². The molecule has 3 heterocycles. The molecule has 27 heavy (non-hydrogen) atoms. The van der Waals surface area contributed by atoms with Crippen molar-refractivity contribution in [2.75, 3.05) is 13.1 Å². The summed E-state index contributed by atoms with van der Waals surface area (Å²) in [5, 5.41) is 0. The van der Waals surface area contributed by atoms with E-state index < -0.39 is 5.54 Å². The lowest BCUT2D eigenvalue weighted by Gasteiger charge is -2.44. The molecule has 2 aliphatic rings. The van der Waals surface area contributed by atoms with Gasteiger partial charge in [-0.15, -0.1) is 0 Å². The molecular weight excluding hydrogens is 338 g/mol. The van der Waals surface area contributed by atoms with Crippen LogP contribution in [-0.2, 0) is 11.3 Å². The first-order valence-corrected chi connectivity index (χ1v) is 9.68. The zero-order valence-corrected chi connectivity index (χ0v) is 15.7. The Labute approximate surface area is 160 Å². The number of likely N-dealkylation sites (tertiary alicyclic amines) is 2. The van der Waals surface area contributed by atoms with Gasteiger partial charge in [0.2, 0.25) is 5.91 Å². The lowest BCUT2D eigenvalue weighted by Crippen LogP contribution is -2.61. The molecule has 0 N–H and O–H groups in total. The van der Waals surface area contributed by atoms with Crippen LogP contribution in [0.25, 0.3) is 0 Å². The van der Waals surface area contributed by atoms with E-state index in [0.29, 0.717) is 18.7 Å². The smallest absolute Gasteiger partial charge is 0.256 e. The Morgan fingerprint density at radius 2 is 1.81 bits per heavy atom. The lowest BCUT2D eigenvalue weighted by molar-refractivity contribution is -0.146. The average Bonchev–Trinajstić information content (AvgIpc) is 3.11. The molecule has 2 aliphatic heterocycles. The monoisotopic (exact) mass is 363 g/mol. The summed E-state index contributed by atoms with van der Waals surface area (Å²) in [4.78, 5) is 34.6. The number of carbonyl (C=O) groups excluding carboxylic acids is 2. The SMILES string of the molecule is Cc1ccc(C(=O)N2CCCC23CCCN(Cc2ccccc2)C3=O)cn1. The molecule has 4 rings (SSSR count). The van der Waals surface area contributed by atoms with Crippen molar-refractivity contribution in [3.8, 4) is 0 Å². The number of hydrogen-bond donors (Lipinski definition) is 0. The van der Waals surface area contributed by atoms with Crippen molar-refractivity contribution in [3.63, 3.8) is 0 Å². The molecule has 2 amide bonds. The minimum atomic E-state index is -0.686. The van der Waals surface area contributed by atoms with Gasteiger partial charge in [-0.1, -0.05) is 30.3 Å². The standard InChI is InChI=1S/C22H25N3O2/c1-17-9-10-19(15-23-17)20(26)25-14-6-12-22(25)11-5-13-24(21(22)27)16-18-7-3-2-4-8-18/h2-4,7-10,15H,5-6,11-14,16H2,1H3. The van der Waals surface area contributed by atoms with Gasteiger partial charge in [0.05, 0.1) is 5.56 Å². The van der Waals surface area contributed by atoms with Crippen molar-refractivity contribution < 1.29 is 9.59 Å². The van der Waals surface area contributed by atoms with E-state index in [9.17, 15) is 9.59 Å². The van der Waals surface area contributed by atoms with Crippen LogP contribution in [0.5, 0.6) is 0 Å². The molecule has 1 spiro atoms. The van der Waals surface area contributed by atoms with E-state index in [-0.39, 0.29) is 11.8 Å².